The fourth-order valence-electron chi connectivity index (χ4n) is 2.94. The normalized spacial score (nSPS) is 24.3. The molecule has 3 nitrogen and oxygen atoms in total. The molecule has 2 rings (SSSR count). The van der Waals surface area contributed by atoms with Crippen LogP contribution in [0.1, 0.15) is 43.4 Å². The van der Waals surface area contributed by atoms with Crippen LogP contribution in [0.4, 0.5) is 0 Å². The first kappa shape index (κ1) is 15.2. The summed E-state index contributed by atoms with van der Waals surface area (Å²) in [6.45, 7) is 8.10. The molecule has 0 bridgehead atoms. The molecule has 1 fully saturated rings. The molecule has 0 radical (unpaired) electrons. The molecule has 2 heterocycles. The van der Waals surface area contributed by atoms with Gasteiger partial charge in [-0.05, 0) is 33.4 Å². The zero-order valence-corrected chi connectivity index (χ0v) is 13.7. The molecule has 2 unspecified atom stereocenters. The fraction of sp³-hybridized carbons (Fsp3) is 0.786. The Labute approximate surface area is 125 Å². The van der Waals surface area contributed by atoms with E-state index in [1.165, 1.54) is 24.5 Å². The Morgan fingerprint density at radius 1 is 1.53 bits per heavy atom. The molecule has 1 aliphatic rings. The highest BCUT2D eigenvalue weighted by atomic mass is 35.5. The molecular weight excluding hydrogens is 278 g/mol. The molecule has 2 atom stereocenters. The third-order valence-corrected chi connectivity index (χ3v) is 5.15. The summed E-state index contributed by atoms with van der Waals surface area (Å²) in [4.78, 5) is 9.75. The van der Waals surface area contributed by atoms with Crippen molar-refractivity contribution >= 4 is 22.9 Å². The minimum Gasteiger partial charge on any atom is -0.305 e. The summed E-state index contributed by atoms with van der Waals surface area (Å²) in [7, 11) is 2.22. The standard InChI is InChI=1S/C14H24ClN3S/c1-4-13(14-16-12(8-15)10-19-14)18-7-5-6-17(3)9-11(18)2/h10-11,13H,4-9H2,1-3H3. The molecule has 0 spiro atoms. The van der Waals surface area contributed by atoms with Gasteiger partial charge < -0.3 is 4.90 Å². The minimum atomic E-state index is 0.448. The molecule has 1 aliphatic heterocycles. The Hall–Kier alpha value is -0.160. The Morgan fingerprint density at radius 2 is 2.32 bits per heavy atom. The lowest BCUT2D eigenvalue weighted by Gasteiger charge is -2.34. The molecular formula is C14H24ClN3S. The van der Waals surface area contributed by atoms with Gasteiger partial charge in [0.2, 0.25) is 0 Å². The highest BCUT2D eigenvalue weighted by molar-refractivity contribution is 7.09. The molecule has 0 aliphatic carbocycles. The molecule has 0 aromatic carbocycles. The summed E-state index contributed by atoms with van der Waals surface area (Å²) in [6, 6.07) is 1.03. The van der Waals surface area contributed by atoms with Crippen LogP contribution in [0.15, 0.2) is 5.38 Å². The summed E-state index contributed by atoms with van der Waals surface area (Å²) in [5.74, 6) is 0.519. The first-order valence-electron chi connectivity index (χ1n) is 7.10. The Kier molecular flexibility index (Phi) is 5.63. The van der Waals surface area contributed by atoms with Crippen molar-refractivity contribution in [2.24, 2.45) is 0 Å². The molecule has 0 amide bonds. The number of alkyl halides is 1. The van der Waals surface area contributed by atoms with Crippen LogP contribution in [0, 0.1) is 0 Å². The highest BCUT2D eigenvalue weighted by Gasteiger charge is 2.28. The maximum atomic E-state index is 5.87. The van der Waals surface area contributed by atoms with Crippen LogP contribution >= 0.6 is 22.9 Å². The number of hydrogen-bond donors (Lipinski definition) is 0. The van der Waals surface area contributed by atoms with E-state index < -0.39 is 0 Å². The number of halogens is 1. The topological polar surface area (TPSA) is 19.4 Å². The Balaban J connectivity index is 2.15. The van der Waals surface area contributed by atoms with Gasteiger partial charge in [-0.15, -0.1) is 22.9 Å². The predicted molar refractivity (Wildman–Crippen MR) is 83.0 cm³/mol. The molecule has 1 aromatic heterocycles. The van der Waals surface area contributed by atoms with Crippen LogP contribution in [0.3, 0.4) is 0 Å². The van der Waals surface area contributed by atoms with Gasteiger partial charge in [-0.25, -0.2) is 4.98 Å². The number of nitrogens with zero attached hydrogens (tertiary/aromatic N) is 3. The molecule has 0 saturated carbocycles. The van der Waals surface area contributed by atoms with E-state index in [9.17, 15) is 0 Å². The zero-order valence-electron chi connectivity index (χ0n) is 12.1. The van der Waals surface area contributed by atoms with Gasteiger partial charge in [-0.2, -0.15) is 0 Å². The van der Waals surface area contributed by atoms with E-state index in [1.807, 2.05) is 0 Å². The van der Waals surface area contributed by atoms with E-state index in [1.54, 1.807) is 11.3 Å². The number of aromatic nitrogens is 1. The van der Waals surface area contributed by atoms with Gasteiger partial charge in [0.1, 0.15) is 5.01 Å². The van der Waals surface area contributed by atoms with Gasteiger partial charge in [0.15, 0.2) is 0 Å². The summed E-state index contributed by atoms with van der Waals surface area (Å²) in [5.41, 5.74) is 1.01. The van der Waals surface area contributed by atoms with Gasteiger partial charge >= 0.3 is 0 Å². The van der Waals surface area contributed by atoms with E-state index in [2.05, 4.69) is 36.1 Å². The number of hydrogen-bond acceptors (Lipinski definition) is 4. The first-order chi connectivity index (χ1) is 9.15. The predicted octanol–water partition coefficient (Wildman–Crippen LogP) is 3.36. The average molecular weight is 302 g/mol. The second-order valence-electron chi connectivity index (χ2n) is 5.44. The summed E-state index contributed by atoms with van der Waals surface area (Å²) >= 11 is 7.63. The third-order valence-electron chi connectivity index (χ3n) is 3.88. The van der Waals surface area contributed by atoms with Crippen LogP contribution in [0.5, 0.6) is 0 Å². The lowest BCUT2D eigenvalue weighted by molar-refractivity contribution is 0.138. The molecule has 0 N–H and O–H groups in total. The monoisotopic (exact) mass is 301 g/mol. The second-order valence-corrected chi connectivity index (χ2v) is 6.59. The fourth-order valence-corrected chi connectivity index (χ4v) is 4.19. The zero-order chi connectivity index (χ0) is 13.8. The smallest absolute Gasteiger partial charge is 0.110 e. The van der Waals surface area contributed by atoms with Crippen molar-refractivity contribution < 1.29 is 0 Å². The van der Waals surface area contributed by atoms with E-state index in [0.29, 0.717) is 18.0 Å². The highest BCUT2D eigenvalue weighted by Crippen LogP contribution is 2.30. The molecule has 1 aromatic rings. The second kappa shape index (κ2) is 7.02. The first-order valence-corrected chi connectivity index (χ1v) is 8.51. The lowest BCUT2D eigenvalue weighted by atomic mass is 10.1. The van der Waals surface area contributed by atoms with Crippen molar-refractivity contribution in [2.45, 2.75) is 44.7 Å². The maximum Gasteiger partial charge on any atom is 0.110 e. The maximum absolute atomic E-state index is 5.87. The van der Waals surface area contributed by atoms with Crippen LogP contribution in [-0.4, -0.2) is 47.5 Å². The van der Waals surface area contributed by atoms with E-state index in [4.69, 9.17) is 16.6 Å². The van der Waals surface area contributed by atoms with Crippen LogP contribution < -0.4 is 0 Å². The van der Waals surface area contributed by atoms with Crippen molar-refractivity contribution in [3.05, 3.63) is 16.1 Å². The van der Waals surface area contributed by atoms with Crippen LogP contribution in [0.2, 0.25) is 0 Å². The van der Waals surface area contributed by atoms with E-state index in [0.717, 1.165) is 18.7 Å². The van der Waals surface area contributed by atoms with Crippen molar-refractivity contribution in [1.82, 2.24) is 14.8 Å². The Morgan fingerprint density at radius 3 is 2.95 bits per heavy atom. The number of likely N-dealkylation sites (N-methyl/N-ethyl adjacent to an activating group) is 1. The van der Waals surface area contributed by atoms with Gasteiger partial charge in [0, 0.05) is 24.5 Å². The number of thiazole rings is 1. The van der Waals surface area contributed by atoms with Crippen molar-refractivity contribution in [2.75, 3.05) is 26.7 Å². The van der Waals surface area contributed by atoms with Crippen molar-refractivity contribution in [3.8, 4) is 0 Å². The lowest BCUT2D eigenvalue weighted by Crippen LogP contribution is -2.40. The third kappa shape index (κ3) is 3.69. The summed E-state index contributed by atoms with van der Waals surface area (Å²) in [5, 5.41) is 3.33. The summed E-state index contributed by atoms with van der Waals surface area (Å²) < 4.78 is 0. The van der Waals surface area contributed by atoms with Crippen molar-refractivity contribution in [3.63, 3.8) is 0 Å². The molecule has 108 valence electrons. The van der Waals surface area contributed by atoms with Gasteiger partial charge in [0.25, 0.3) is 0 Å². The van der Waals surface area contributed by atoms with Gasteiger partial charge in [-0.1, -0.05) is 6.92 Å². The Bertz CT molecular complexity index is 396. The summed E-state index contributed by atoms with van der Waals surface area (Å²) in [6.07, 6.45) is 2.36. The average Bonchev–Trinajstić information content (AvgIpc) is 2.79. The molecule has 5 heteroatoms. The quantitative estimate of drug-likeness (QED) is 0.795. The minimum absolute atomic E-state index is 0.448. The molecule has 1 saturated heterocycles. The largest absolute Gasteiger partial charge is 0.305 e. The van der Waals surface area contributed by atoms with E-state index >= 15 is 0 Å². The van der Waals surface area contributed by atoms with Crippen molar-refractivity contribution in [1.29, 1.82) is 0 Å². The van der Waals surface area contributed by atoms with Crippen LogP contribution in [-0.2, 0) is 5.88 Å². The molecule has 19 heavy (non-hydrogen) atoms. The number of rotatable bonds is 4. The SMILES string of the molecule is CCC(c1nc(CCl)cs1)N1CCCN(C)CC1C. The van der Waals surface area contributed by atoms with E-state index in [-0.39, 0.29) is 0 Å². The van der Waals surface area contributed by atoms with Gasteiger partial charge in [0.05, 0.1) is 17.6 Å². The van der Waals surface area contributed by atoms with Gasteiger partial charge in [-0.3, -0.25) is 4.90 Å². The van der Waals surface area contributed by atoms with Crippen LogP contribution in [0.25, 0.3) is 0 Å².